The van der Waals surface area contributed by atoms with Crippen molar-refractivity contribution in [1.29, 1.82) is 0 Å². The van der Waals surface area contributed by atoms with Crippen LogP contribution in [0, 0.1) is 0 Å². The van der Waals surface area contributed by atoms with Gasteiger partial charge in [0.2, 0.25) is 5.91 Å². The summed E-state index contributed by atoms with van der Waals surface area (Å²) in [5.41, 5.74) is 0. The molecule has 0 aromatic heterocycles. The van der Waals surface area contributed by atoms with Crippen LogP contribution in [0.5, 0.6) is 0 Å². The maximum absolute atomic E-state index is 12.5. The smallest absolute Gasteiger partial charge is 0.267 e. The normalized spacial score (nSPS) is 14.2. The van der Waals surface area contributed by atoms with E-state index in [4.69, 9.17) is 0 Å². The molecule has 0 fully saturated rings. The summed E-state index contributed by atoms with van der Waals surface area (Å²) in [7, 11) is -4.36. The summed E-state index contributed by atoms with van der Waals surface area (Å²) in [6, 6.07) is -1.09. The van der Waals surface area contributed by atoms with Gasteiger partial charge in [0.1, 0.15) is 0 Å². The summed E-state index contributed by atoms with van der Waals surface area (Å²) in [6.07, 6.45) is 55.7. The Morgan fingerprint density at radius 3 is 1.44 bits per heavy atom. The third kappa shape index (κ3) is 38.7. The zero-order chi connectivity index (χ0) is 38.2. The Balaban J connectivity index is 3.95. The van der Waals surface area contributed by atoms with Crippen LogP contribution in [0.3, 0.4) is 0 Å². The molecule has 2 unspecified atom stereocenters. The third-order valence-corrected chi connectivity index (χ3v) is 9.56. The van der Waals surface area contributed by atoms with Gasteiger partial charge < -0.3 is 10.4 Å². The number of rotatable bonds is 36. The molecule has 0 aromatic rings. The number of nitrogens with one attached hydrogen (secondary N) is 1. The van der Waals surface area contributed by atoms with E-state index in [1.54, 1.807) is 6.08 Å². The van der Waals surface area contributed by atoms with Crippen LogP contribution >= 0.6 is 0 Å². The summed E-state index contributed by atoms with van der Waals surface area (Å²) in [5, 5.41) is 13.2. The summed E-state index contributed by atoms with van der Waals surface area (Å²) in [6.45, 7) is 4.38. The Morgan fingerprint density at radius 2 is 0.942 bits per heavy atom. The van der Waals surface area contributed by atoms with Crippen molar-refractivity contribution in [3.8, 4) is 0 Å². The van der Waals surface area contributed by atoms with Gasteiger partial charge in [0.05, 0.1) is 17.9 Å². The van der Waals surface area contributed by atoms with Gasteiger partial charge >= 0.3 is 0 Å². The van der Waals surface area contributed by atoms with Crippen LogP contribution in [-0.2, 0) is 14.9 Å². The minimum Gasteiger partial charge on any atom is -0.387 e. The number of aliphatic hydroxyl groups is 1. The molecule has 0 rings (SSSR count). The van der Waals surface area contributed by atoms with E-state index >= 15 is 0 Å². The molecule has 0 heterocycles. The molecule has 0 aromatic carbocycles. The fraction of sp³-hybridized carbons (Fsp3) is 0.667. The van der Waals surface area contributed by atoms with Crippen molar-refractivity contribution in [2.75, 3.05) is 5.75 Å². The molecule has 0 radical (unpaired) electrons. The fourth-order valence-electron chi connectivity index (χ4n) is 5.71. The zero-order valence-corrected chi connectivity index (χ0v) is 34.0. The van der Waals surface area contributed by atoms with Gasteiger partial charge in [0, 0.05) is 6.42 Å². The summed E-state index contributed by atoms with van der Waals surface area (Å²) in [5.74, 6) is -1.02. The first-order chi connectivity index (χ1) is 25.3. The number of allylic oxidation sites excluding steroid dienone is 13. The first-order valence-corrected chi connectivity index (χ1v) is 22.4. The van der Waals surface area contributed by atoms with Crippen molar-refractivity contribution in [1.82, 2.24) is 5.32 Å². The Labute approximate surface area is 320 Å². The predicted octanol–water partition coefficient (Wildman–Crippen LogP) is 12.4. The van der Waals surface area contributed by atoms with Crippen molar-refractivity contribution in [3.63, 3.8) is 0 Å². The molecule has 2 atom stereocenters. The molecule has 0 aliphatic heterocycles. The van der Waals surface area contributed by atoms with E-state index in [2.05, 4.69) is 92.1 Å². The van der Waals surface area contributed by atoms with Crippen molar-refractivity contribution in [3.05, 3.63) is 85.1 Å². The lowest BCUT2D eigenvalue weighted by Crippen LogP contribution is -2.46. The van der Waals surface area contributed by atoms with Crippen molar-refractivity contribution in [2.45, 2.75) is 187 Å². The van der Waals surface area contributed by atoms with Crippen LogP contribution in [0.2, 0.25) is 0 Å². The molecular weight excluding hydrogens is 667 g/mol. The maximum atomic E-state index is 12.5. The van der Waals surface area contributed by atoms with E-state index < -0.39 is 28.0 Å². The van der Waals surface area contributed by atoms with Gasteiger partial charge in [-0.05, 0) is 83.5 Å². The van der Waals surface area contributed by atoms with Gasteiger partial charge in [0.15, 0.2) is 0 Å². The highest BCUT2D eigenvalue weighted by Gasteiger charge is 2.24. The highest BCUT2D eigenvalue weighted by Crippen LogP contribution is 2.13. The van der Waals surface area contributed by atoms with E-state index in [9.17, 15) is 22.9 Å². The van der Waals surface area contributed by atoms with Crippen molar-refractivity contribution in [2.24, 2.45) is 0 Å². The van der Waals surface area contributed by atoms with Crippen LogP contribution in [0.15, 0.2) is 85.1 Å². The second-order valence-corrected chi connectivity index (χ2v) is 15.4. The largest absolute Gasteiger partial charge is 0.387 e. The fourth-order valence-corrected chi connectivity index (χ4v) is 6.44. The second kappa shape index (κ2) is 38.3. The molecule has 1 amide bonds. The Kier molecular flexibility index (Phi) is 36.4. The van der Waals surface area contributed by atoms with Crippen LogP contribution in [0.1, 0.15) is 174 Å². The molecule has 0 bridgehead atoms. The number of amides is 1. The monoisotopic (exact) mass is 744 g/mol. The van der Waals surface area contributed by atoms with Gasteiger partial charge in [-0.2, -0.15) is 8.42 Å². The van der Waals surface area contributed by atoms with Crippen LogP contribution < -0.4 is 5.32 Å². The molecule has 298 valence electrons. The molecule has 0 aliphatic rings. The minimum absolute atomic E-state index is 0.274. The van der Waals surface area contributed by atoms with Crippen LogP contribution in [0.4, 0.5) is 0 Å². The number of hydrogen-bond donors (Lipinski definition) is 3. The molecular formula is C45H77NO5S. The van der Waals surface area contributed by atoms with E-state index in [1.807, 2.05) is 0 Å². The second-order valence-electron chi connectivity index (χ2n) is 13.9. The van der Waals surface area contributed by atoms with E-state index in [0.29, 0.717) is 6.42 Å². The standard InChI is InChI=1S/C45H77NO5S/c1-3-5-7-9-11-13-15-17-19-20-21-22-23-24-25-26-27-29-31-33-35-37-39-41-45(48)46-43(42-52(49,50)51)44(47)40-38-36-34-32-30-28-18-16-14-12-10-8-6-4-2/h5,7,11,13-14,16-17,19,21-22,30,32,38,40,43-44,47H,3-4,6,8-10,12,15,18,20,23-29,31,33-37,39,41-42H2,1-2H3,(H,46,48)(H,49,50,51)/b7-5-,13-11-,16-14+,19-17-,22-21-,32-30+,40-38+. The van der Waals surface area contributed by atoms with Crippen LogP contribution in [0.25, 0.3) is 0 Å². The molecule has 3 N–H and O–H groups in total. The lowest BCUT2D eigenvalue weighted by atomic mass is 10.0. The first kappa shape index (κ1) is 49.5. The minimum atomic E-state index is -4.36. The van der Waals surface area contributed by atoms with Gasteiger partial charge in [-0.3, -0.25) is 9.35 Å². The molecule has 0 saturated heterocycles. The van der Waals surface area contributed by atoms with Crippen LogP contribution in [-0.4, -0.2) is 41.9 Å². The highest BCUT2D eigenvalue weighted by atomic mass is 32.2. The Hall–Kier alpha value is -2.48. The predicted molar refractivity (Wildman–Crippen MR) is 225 cm³/mol. The summed E-state index contributed by atoms with van der Waals surface area (Å²) >= 11 is 0. The average molecular weight is 744 g/mol. The topological polar surface area (TPSA) is 104 Å². The van der Waals surface area contributed by atoms with E-state index in [0.717, 1.165) is 83.5 Å². The SMILES string of the molecule is CC/C=C\C/C=C\C/C=C\C/C=C\CCCCCCCCCCCCC(=O)NC(CS(=O)(=O)O)C(O)/C=C/CC/C=C/CC/C=C/CCCCCC. The zero-order valence-electron chi connectivity index (χ0n) is 33.1. The highest BCUT2D eigenvalue weighted by molar-refractivity contribution is 7.85. The Bertz CT molecular complexity index is 1130. The van der Waals surface area contributed by atoms with Gasteiger partial charge in [0.25, 0.3) is 10.1 Å². The lowest BCUT2D eigenvalue weighted by Gasteiger charge is -2.21. The average Bonchev–Trinajstić information content (AvgIpc) is 3.11. The van der Waals surface area contributed by atoms with Gasteiger partial charge in [-0.1, -0.05) is 170 Å². The maximum Gasteiger partial charge on any atom is 0.267 e. The lowest BCUT2D eigenvalue weighted by molar-refractivity contribution is -0.122. The Morgan fingerprint density at radius 1 is 0.538 bits per heavy atom. The van der Waals surface area contributed by atoms with E-state index in [-0.39, 0.29) is 12.3 Å². The quantitative estimate of drug-likeness (QED) is 0.0337. The number of unbranched alkanes of at least 4 members (excludes halogenated alkanes) is 16. The summed E-state index contributed by atoms with van der Waals surface area (Å²) < 4.78 is 32.5. The molecule has 7 heteroatoms. The van der Waals surface area contributed by atoms with E-state index in [1.165, 1.54) is 70.3 Å². The van der Waals surface area contributed by atoms with Crippen molar-refractivity contribution < 1.29 is 22.9 Å². The molecule has 0 spiro atoms. The number of aliphatic hydroxyl groups excluding tert-OH is 1. The van der Waals surface area contributed by atoms with Crippen molar-refractivity contribution >= 4 is 16.0 Å². The number of carbonyl (C=O) groups excluding carboxylic acids is 1. The molecule has 52 heavy (non-hydrogen) atoms. The van der Waals surface area contributed by atoms with Gasteiger partial charge in [-0.25, -0.2) is 0 Å². The number of hydrogen-bond acceptors (Lipinski definition) is 4. The number of carbonyl (C=O) groups is 1. The molecule has 0 aliphatic carbocycles. The first-order valence-electron chi connectivity index (χ1n) is 20.8. The molecule has 0 saturated carbocycles. The van der Waals surface area contributed by atoms with Gasteiger partial charge in [-0.15, -0.1) is 0 Å². The third-order valence-electron chi connectivity index (χ3n) is 8.78. The molecule has 6 nitrogen and oxygen atoms in total. The summed E-state index contributed by atoms with van der Waals surface area (Å²) in [4.78, 5) is 12.5.